The Bertz CT molecular complexity index is 276. The first-order valence-corrected chi connectivity index (χ1v) is 6.07. The Balaban J connectivity index is 2.92. The second-order valence-electron chi connectivity index (χ2n) is 6.55. The highest BCUT2D eigenvalue weighted by Gasteiger charge is 2.49. The van der Waals surface area contributed by atoms with E-state index < -0.39 is 0 Å². The summed E-state index contributed by atoms with van der Waals surface area (Å²) in [6, 6.07) is 0. The summed E-state index contributed by atoms with van der Waals surface area (Å²) in [5.74, 6) is 0.387. The van der Waals surface area contributed by atoms with Gasteiger partial charge in [-0.1, -0.05) is 0 Å². The summed E-state index contributed by atoms with van der Waals surface area (Å²) in [7, 11) is 3.69. The summed E-state index contributed by atoms with van der Waals surface area (Å²) in [5.41, 5.74) is 0.0877. The number of hydrogen-bond acceptors (Lipinski definition) is 2. The maximum absolute atomic E-state index is 12.1. The zero-order valence-corrected chi connectivity index (χ0v) is 11.8. The van der Waals surface area contributed by atoms with Crippen molar-refractivity contribution >= 4 is 5.91 Å². The maximum Gasteiger partial charge on any atom is 0.227 e. The third-order valence-electron chi connectivity index (χ3n) is 3.74. The first-order valence-electron chi connectivity index (χ1n) is 6.07. The predicted octanol–water partition coefficient (Wildman–Crippen LogP) is 1.97. The van der Waals surface area contributed by atoms with Crippen molar-refractivity contribution < 1.29 is 4.79 Å². The van der Waals surface area contributed by atoms with Crippen LogP contribution in [0.4, 0.5) is 0 Å². The van der Waals surface area contributed by atoms with Gasteiger partial charge in [0.05, 0.1) is 5.92 Å². The van der Waals surface area contributed by atoms with E-state index in [0.29, 0.717) is 0 Å². The molecule has 0 spiro atoms. The lowest BCUT2D eigenvalue weighted by Gasteiger charge is -2.44. The molecule has 1 aliphatic rings. The zero-order chi connectivity index (χ0) is 12.7. The molecule has 1 aliphatic heterocycles. The van der Waals surface area contributed by atoms with Crippen molar-refractivity contribution in [3.63, 3.8) is 0 Å². The van der Waals surface area contributed by atoms with Gasteiger partial charge in [-0.05, 0) is 41.0 Å². The Hall–Kier alpha value is -0.570. The molecule has 0 N–H and O–H groups in total. The van der Waals surface area contributed by atoms with Crippen molar-refractivity contribution in [2.75, 3.05) is 20.6 Å². The van der Waals surface area contributed by atoms with E-state index in [-0.39, 0.29) is 22.9 Å². The summed E-state index contributed by atoms with van der Waals surface area (Å²) >= 11 is 0. The molecule has 1 heterocycles. The van der Waals surface area contributed by atoms with Crippen LogP contribution in [-0.4, -0.2) is 47.4 Å². The van der Waals surface area contributed by atoms with Gasteiger partial charge in [-0.25, -0.2) is 0 Å². The molecule has 0 aromatic heterocycles. The van der Waals surface area contributed by atoms with E-state index in [0.717, 1.165) is 13.0 Å². The molecule has 3 heteroatoms. The minimum absolute atomic E-state index is 0.0421. The highest BCUT2D eigenvalue weighted by atomic mass is 16.2. The Morgan fingerprint density at radius 2 is 1.81 bits per heavy atom. The van der Waals surface area contributed by atoms with Gasteiger partial charge in [0.25, 0.3) is 0 Å². The average molecular weight is 226 g/mol. The van der Waals surface area contributed by atoms with Crippen molar-refractivity contribution in [2.45, 2.75) is 52.1 Å². The second kappa shape index (κ2) is 4.02. The van der Waals surface area contributed by atoms with Crippen molar-refractivity contribution in [1.29, 1.82) is 0 Å². The molecule has 1 rings (SSSR count). The van der Waals surface area contributed by atoms with E-state index in [4.69, 9.17) is 0 Å². The molecule has 0 aromatic carbocycles. The fraction of sp³-hybridized carbons (Fsp3) is 0.923. The normalized spacial score (nSPS) is 25.8. The average Bonchev–Trinajstić information content (AvgIpc) is 2.38. The van der Waals surface area contributed by atoms with Crippen LogP contribution in [-0.2, 0) is 4.79 Å². The Labute approximate surface area is 99.8 Å². The van der Waals surface area contributed by atoms with Crippen molar-refractivity contribution in [2.24, 2.45) is 5.92 Å². The molecular weight excluding hydrogens is 200 g/mol. The predicted molar refractivity (Wildman–Crippen MR) is 67.3 cm³/mol. The van der Waals surface area contributed by atoms with Crippen LogP contribution in [0.2, 0.25) is 0 Å². The molecule has 3 nitrogen and oxygen atoms in total. The molecule has 0 bridgehead atoms. The number of carbonyl (C=O) groups is 1. The van der Waals surface area contributed by atoms with Gasteiger partial charge in [-0.2, -0.15) is 0 Å². The fourth-order valence-electron chi connectivity index (χ4n) is 3.02. The van der Waals surface area contributed by atoms with Crippen LogP contribution in [0.5, 0.6) is 0 Å². The number of carbonyl (C=O) groups excluding carboxylic acids is 1. The lowest BCUT2D eigenvalue weighted by Crippen LogP contribution is -2.54. The molecule has 0 aliphatic carbocycles. The van der Waals surface area contributed by atoms with E-state index in [1.807, 2.05) is 14.1 Å². The maximum atomic E-state index is 12.1. The molecule has 0 saturated carbocycles. The van der Waals surface area contributed by atoms with Crippen LogP contribution in [0.1, 0.15) is 41.0 Å². The quantitative estimate of drug-likeness (QED) is 0.682. The molecule has 0 radical (unpaired) electrons. The van der Waals surface area contributed by atoms with Gasteiger partial charge in [0, 0.05) is 31.7 Å². The van der Waals surface area contributed by atoms with E-state index in [1.54, 1.807) is 4.90 Å². The molecule has 1 amide bonds. The van der Waals surface area contributed by atoms with E-state index in [2.05, 4.69) is 39.5 Å². The third-order valence-corrected chi connectivity index (χ3v) is 3.74. The van der Waals surface area contributed by atoms with Gasteiger partial charge in [0.15, 0.2) is 0 Å². The minimum atomic E-state index is -0.0421. The number of hydrogen-bond donors (Lipinski definition) is 0. The van der Waals surface area contributed by atoms with E-state index in [1.165, 1.54) is 0 Å². The van der Waals surface area contributed by atoms with Crippen molar-refractivity contribution in [1.82, 2.24) is 9.80 Å². The monoisotopic (exact) mass is 226 g/mol. The molecule has 1 saturated heterocycles. The fourth-order valence-corrected chi connectivity index (χ4v) is 3.02. The summed E-state index contributed by atoms with van der Waals surface area (Å²) in [6.07, 6.45) is 0.973. The lowest BCUT2D eigenvalue weighted by atomic mass is 9.85. The molecular formula is C13H26N2O. The summed E-state index contributed by atoms with van der Waals surface area (Å²) in [6.45, 7) is 12.1. The van der Waals surface area contributed by atoms with Crippen LogP contribution in [0.25, 0.3) is 0 Å². The molecule has 1 unspecified atom stereocenters. The van der Waals surface area contributed by atoms with E-state index >= 15 is 0 Å². The number of nitrogens with zero attached hydrogens (tertiary/aromatic N) is 2. The van der Waals surface area contributed by atoms with Gasteiger partial charge >= 0.3 is 0 Å². The molecule has 94 valence electrons. The Kier molecular flexibility index (Phi) is 3.39. The molecule has 1 atom stereocenters. The third kappa shape index (κ3) is 2.24. The standard InChI is InChI=1S/C13H26N2O/c1-12(2,3)15-9-8-10(13(15,4)5)11(16)14(6)7/h10H,8-9H2,1-7H3. The zero-order valence-electron chi connectivity index (χ0n) is 11.8. The SMILES string of the molecule is CN(C)C(=O)C1CCN(C(C)(C)C)C1(C)C. The summed E-state index contributed by atoms with van der Waals surface area (Å²) < 4.78 is 0. The van der Waals surface area contributed by atoms with Gasteiger partial charge < -0.3 is 4.90 Å². The first-order chi connectivity index (χ1) is 7.08. The topological polar surface area (TPSA) is 23.6 Å². The number of amides is 1. The largest absolute Gasteiger partial charge is 0.349 e. The van der Waals surface area contributed by atoms with Gasteiger partial charge in [-0.3, -0.25) is 9.69 Å². The minimum Gasteiger partial charge on any atom is -0.349 e. The van der Waals surface area contributed by atoms with Crippen LogP contribution >= 0.6 is 0 Å². The lowest BCUT2D eigenvalue weighted by molar-refractivity contribution is -0.136. The molecule has 0 aromatic rings. The highest BCUT2D eigenvalue weighted by Crippen LogP contribution is 2.39. The molecule has 1 fully saturated rings. The first kappa shape index (κ1) is 13.5. The number of rotatable bonds is 1. The summed E-state index contributed by atoms with van der Waals surface area (Å²) in [4.78, 5) is 16.3. The Morgan fingerprint density at radius 1 is 1.31 bits per heavy atom. The number of likely N-dealkylation sites (tertiary alicyclic amines) is 1. The van der Waals surface area contributed by atoms with E-state index in [9.17, 15) is 4.79 Å². The van der Waals surface area contributed by atoms with Crippen molar-refractivity contribution in [3.8, 4) is 0 Å². The van der Waals surface area contributed by atoms with Gasteiger partial charge in [0.1, 0.15) is 0 Å². The van der Waals surface area contributed by atoms with Crippen LogP contribution in [0.3, 0.4) is 0 Å². The molecule has 16 heavy (non-hydrogen) atoms. The highest BCUT2D eigenvalue weighted by molar-refractivity contribution is 5.80. The van der Waals surface area contributed by atoms with Gasteiger partial charge in [-0.15, -0.1) is 0 Å². The smallest absolute Gasteiger partial charge is 0.227 e. The van der Waals surface area contributed by atoms with Crippen LogP contribution in [0, 0.1) is 5.92 Å². The Morgan fingerprint density at radius 3 is 2.12 bits per heavy atom. The van der Waals surface area contributed by atoms with Crippen LogP contribution in [0.15, 0.2) is 0 Å². The second-order valence-corrected chi connectivity index (χ2v) is 6.55. The summed E-state index contributed by atoms with van der Waals surface area (Å²) in [5, 5.41) is 0. The van der Waals surface area contributed by atoms with Crippen LogP contribution < -0.4 is 0 Å². The van der Waals surface area contributed by atoms with Crippen molar-refractivity contribution in [3.05, 3.63) is 0 Å². The van der Waals surface area contributed by atoms with Gasteiger partial charge in [0.2, 0.25) is 5.91 Å².